The molecule has 0 spiro atoms. The molecule has 7 heavy (non-hydrogen) atoms. The molecule has 0 N–H and O–H groups in total. The third kappa shape index (κ3) is 6.18. The van der Waals surface area contributed by atoms with Gasteiger partial charge in [-0.1, -0.05) is 13.2 Å². The highest BCUT2D eigenvalue weighted by Gasteiger charge is 1.79. The molecule has 0 radical (unpaired) electrons. The summed E-state index contributed by atoms with van der Waals surface area (Å²) in [7, 11) is 0. The first-order chi connectivity index (χ1) is 3.27. The Morgan fingerprint density at radius 3 is 2.57 bits per heavy atom. The normalized spacial score (nSPS) is 8.14. The fourth-order valence-corrected chi connectivity index (χ4v) is 0.689. The monoisotopic (exact) mass is 132 g/mol. The molecule has 0 amide bonds. The summed E-state index contributed by atoms with van der Waals surface area (Å²) >= 11 is 5.57. The maximum Gasteiger partial charge on any atom is 0.0277 e. The van der Waals surface area contributed by atoms with Gasteiger partial charge in [0.2, 0.25) is 0 Å². The molecule has 0 aliphatic carbocycles. The predicted molar refractivity (Wildman–Crippen MR) is 40.8 cm³/mol. The molecule has 40 valence electrons. The van der Waals surface area contributed by atoms with Crippen molar-refractivity contribution >= 4 is 24.4 Å². The van der Waals surface area contributed by atoms with Crippen LogP contribution in [0, 0.1) is 0 Å². The SMILES string of the molecule is C=CSCC(=C)S. The van der Waals surface area contributed by atoms with Crippen molar-refractivity contribution in [3.63, 3.8) is 0 Å². The average Bonchev–Trinajstić information content (AvgIpc) is 1.61. The lowest BCUT2D eigenvalue weighted by molar-refractivity contribution is 1.78. The first-order valence-corrected chi connectivity index (χ1v) is 3.36. The van der Waals surface area contributed by atoms with Crippen LogP contribution in [0.25, 0.3) is 0 Å². The fourth-order valence-electron chi connectivity index (χ4n) is 0.155. The van der Waals surface area contributed by atoms with Crippen molar-refractivity contribution in [1.29, 1.82) is 0 Å². The van der Waals surface area contributed by atoms with Crippen LogP contribution in [0.4, 0.5) is 0 Å². The first-order valence-electron chi connectivity index (χ1n) is 1.86. The van der Waals surface area contributed by atoms with Crippen LogP contribution in [0.15, 0.2) is 23.5 Å². The van der Waals surface area contributed by atoms with Gasteiger partial charge in [0, 0.05) is 5.75 Å². The first kappa shape index (κ1) is 7.18. The summed E-state index contributed by atoms with van der Waals surface area (Å²) in [5.41, 5.74) is 0. The van der Waals surface area contributed by atoms with Crippen molar-refractivity contribution in [3.8, 4) is 0 Å². The highest BCUT2D eigenvalue weighted by molar-refractivity contribution is 8.03. The van der Waals surface area contributed by atoms with Gasteiger partial charge >= 0.3 is 0 Å². The molecule has 0 aliphatic heterocycles. The zero-order chi connectivity index (χ0) is 5.70. The molecular formula is C5H8S2. The number of thioether (sulfide) groups is 1. The second kappa shape index (κ2) is 4.34. The lowest BCUT2D eigenvalue weighted by atomic mass is 10.7. The standard InChI is InChI=1S/C5H8S2/c1-3-7-4-5(2)6/h3,6H,1-2,4H2. The van der Waals surface area contributed by atoms with Gasteiger partial charge < -0.3 is 0 Å². The van der Waals surface area contributed by atoms with E-state index in [1.165, 1.54) is 0 Å². The Morgan fingerprint density at radius 2 is 2.43 bits per heavy atom. The zero-order valence-electron chi connectivity index (χ0n) is 4.05. The molecule has 0 fully saturated rings. The largest absolute Gasteiger partial charge is 0.148 e. The minimum absolute atomic E-state index is 0.868. The molecule has 0 heterocycles. The molecule has 2 heteroatoms. The molecule has 0 rings (SSSR count). The van der Waals surface area contributed by atoms with Gasteiger partial charge in [0.1, 0.15) is 0 Å². The van der Waals surface area contributed by atoms with Crippen molar-refractivity contribution in [1.82, 2.24) is 0 Å². The van der Waals surface area contributed by atoms with Gasteiger partial charge in [-0.05, 0) is 10.3 Å². The summed E-state index contributed by atoms with van der Waals surface area (Å²) in [4.78, 5) is 0.893. The smallest absolute Gasteiger partial charge is 0.0277 e. The van der Waals surface area contributed by atoms with E-state index in [0.29, 0.717) is 0 Å². The van der Waals surface area contributed by atoms with Crippen molar-refractivity contribution in [3.05, 3.63) is 23.5 Å². The van der Waals surface area contributed by atoms with Crippen LogP contribution < -0.4 is 0 Å². The van der Waals surface area contributed by atoms with Gasteiger partial charge in [0.05, 0.1) is 0 Å². The maximum atomic E-state index is 3.97. The van der Waals surface area contributed by atoms with E-state index in [1.807, 2.05) is 0 Å². The third-order valence-corrected chi connectivity index (χ3v) is 1.49. The summed E-state index contributed by atoms with van der Waals surface area (Å²) in [6, 6.07) is 0. The van der Waals surface area contributed by atoms with E-state index in [4.69, 9.17) is 0 Å². The van der Waals surface area contributed by atoms with Crippen LogP contribution >= 0.6 is 24.4 Å². The minimum atomic E-state index is 0.868. The van der Waals surface area contributed by atoms with Crippen molar-refractivity contribution in [2.45, 2.75) is 0 Å². The number of rotatable bonds is 3. The Bertz CT molecular complexity index is 76.1. The average molecular weight is 132 g/mol. The third-order valence-electron chi connectivity index (χ3n) is 0.368. The van der Waals surface area contributed by atoms with E-state index in [0.717, 1.165) is 10.7 Å². The topological polar surface area (TPSA) is 0 Å². The lowest BCUT2D eigenvalue weighted by Crippen LogP contribution is -1.68. The van der Waals surface area contributed by atoms with Gasteiger partial charge in [-0.15, -0.1) is 24.4 Å². The summed E-state index contributed by atoms with van der Waals surface area (Å²) < 4.78 is 0. The Morgan fingerprint density at radius 1 is 1.86 bits per heavy atom. The van der Waals surface area contributed by atoms with Crippen LogP contribution in [0.5, 0.6) is 0 Å². The van der Waals surface area contributed by atoms with E-state index >= 15 is 0 Å². The van der Waals surface area contributed by atoms with Gasteiger partial charge in [-0.2, -0.15) is 0 Å². The fraction of sp³-hybridized carbons (Fsp3) is 0.200. The zero-order valence-corrected chi connectivity index (χ0v) is 5.77. The van der Waals surface area contributed by atoms with Crippen molar-refractivity contribution < 1.29 is 0 Å². The maximum absolute atomic E-state index is 3.97. The van der Waals surface area contributed by atoms with E-state index < -0.39 is 0 Å². The van der Waals surface area contributed by atoms with Crippen molar-refractivity contribution in [2.24, 2.45) is 0 Å². The van der Waals surface area contributed by atoms with Gasteiger partial charge in [0.15, 0.2) is 0 Å². The van der Waals surface area contributed by atoms with Gasteiger partial charge in [-0.3, -0.25) is 0 Å². The quantitative estimate of drug-likeness (QED) is 0.575. The van der Waals surface area contributed by atoms with Crippen LogP contribution in [-0.2, 0) is 0 Å². The molecular weight excluding hydrogens is 124 g/mol. The van der Waals surface area contributed by atoms with Crippen LogP contribution in [0.2, 0.25) is 0 Å². The molecule has 0 atom stereocenters. The van der Waals surface area contributed by atoms with Gasteiger partial charge in [-0.25, -0.2) is 0 Å². The molecule has 0 bridgehead atoms. The predicted octanol–water partition coefficient (Wildman–Crippen LogP) is 2.31. The highest BCUT2D eigenvalue weighted by Crippen LogP contribution is 2.07. The summed E-state index contributed by atoms with van der Waals surface area (Å²) in [6.45, 7) is 7.11. The number of hydrogen-bond donors (Lipinski definition) is 1. The molecule has 0 aromatic heterocycles. The Labute approximate surface area is 54.1 Å². The highest BCUT2D eigenvalue weighted by atomic mass is 32.2. The second-order valence-corrected chi connectivity index (χ2v) is 2.63. The number of thiol groups is 1. The molecule has 0 saturated carbocycles. The minimum Gasteiger partial charge on any atom is -0.148 e. The molecule has 0 nitrogen and oxygen atoms in total. The number of hydrogen-bond acceptors (Lipinski definition) is 2. The van der Waals surface area contributed by atoms with E-state index in [9.17, 15) is 0 Å². The summed E-state index contributed by atoms with van der Waals surface area (Å²) in [6.07, 6.45) is 0. The molecule has 0 saturated heterocycles. The Kier molecular flexibility index (Phi) is 4.45. The summed E-state index contributed by atoms with van der Waals surface area (Å²) in [5, 5.41) is 1.78. The Hall–Kier alpha value is 0.180. The molecule has 0 aromatic rings. The molecule has 0 unspecified atom stereocenters. The summed E-state index contributed by atoms with van der Waals surface area (Å²) in [5.74, 6) is 0.868. The van der Waals surface area contributed by atoms with E-state index in [-0.39, 0.29) is 0 Å². The van der Waals surface area contributed by atoms with Crippen LogP contribution in [0.3, 0.4) is 0 Å². The lowest BCUT2D eigenvalue weighted by Gasteiger charge is -1.87. The van der Waals surface area contributed by atoms with Crippen LogP contribution in [-0.4, -0.2) is 5.75 Å². The van der Waals surface area contributed by atoms with Gasteiger partial charge in [0.25, 0.3) is 0 Å². The molecule has 0 aromatic carbocycles. The van der Waals surface area contributed by atoms with E-state index in [1.54, 1.807) is 17.2 Å². The van der Waals surface area contributed by atoms with Crippen molar-refractivity contribution in [2.75, 3.05) is 5.75 Å². The van der Waals surface area contributed by atoms with Crippen LogP contribution in [0.1, 0.15) is 0 Å². The second-order valence-electron chi connectivity index (χ2n) is 1.04. The molecule has 0 aliphatic rings. The Balaban J connectivity index is 2.97. The van der Waals surface area contributed by atoms with E-state index in [2.05, 4.69) is 25.8 Å².